The molecular weight excluding hydrogens is 604 g/mol. The van der Waals surface area contributed by atoms with Crippen molar-refractivity contribution >= 4 is 35.0 Å². The largest absolute Gasteiger partial charge is 0.493 e. The molecule has 4 amide bonds. The van der Waals surface area contributed by atoms with Crippen LogP contribution < -0.4 is 29.6 Å². The van der Waals surface area contributed by atoms with Crippen molar-refractivity contribution < 1.29 is 38.1 Å². The van der Waals surface area contributed by atoms with Gasteiger partial charge in [0.1, 0.15) is 11.8 Å². The van der Waals surface area contributed by atoms with Gasteiger partial charge in [0.2, 0.25) is 17.6 Å². The first-order chi connectivity index (χ1) is 22.5. The molecule has 3 aromatic rings. The van der Waals surface area contributed by atoms with Crippen LogP contribution in [0.1, 0.15) is 59.0 Å². The van der Waals surface area contributed by atoms with E-state index in [1.807, 2.05) is 45.9 Å². The fourth-order valence-corrected chi connectivity index (χ4v) is 5.66. The van der Waals surface area contributed by atoms with Crippen molar-refractivity contribution in [2.75, 3.05) is 51.6 Å². The van der Waals surface area contributed by atoms with Crippen molar-refractivity contribution in [3.63, 3.8) is 0 Å². The molecule has 12 nitrogen and oxygen atoms in total. The van der Waals surface area contributed by atoms with Crippen molar-refractivity contribution in [1.29, 1.82) is 0 Å². The Morgan fingerprint density at radius 1 is 0.851 bits per heavy atom. The molecule has 0 radical (unpaired) electrons. The number of likely N-dealkylation sites (N-methyl/N-ethyl adjacent to an activating group) is 1. The number of rotatable bonds is 12. The predicted molar refractivity (Wildman–Crippen MR) is 178 cm³/mol. The quantitative estimate of drug-likeness (QED) is 0.267. The van der Waals surface area contributed by atoms with Gasteiger partial charge in [-0.25, -0.2) is 0 Å². The summed E-state index contributed by atoms with van der Waals surface area (Å²) in [5.41, 5.74) is 2.62. The summed E-state index contributed by atoms with van der Waals surface area (Å²) >= 11 is 0. The molecule has 0 aromatic heterocycles. The van der Waals surface area contributed by atoms with Gasteiger partial charge in [-0.1, -0.05) is 6.07 Å². The number of carbonyl (C=O) groups is 4. The lowest BCUT2D eigenvalue weighted by Gasteiger charge is -2.29. The normalized spacial score (nSPS) is 14.0. The van der Waals surface area contributed by atoms with E-state index in [4.69, 9.17) is 18.9 Å². The van der Waals surface area contributed by atoms with E-state index in [0.717, 1.165) is 11.1 Å². The number of methoxy groups -OCH3 is 3. The van der Waals surface area contributed by atoms with Gasteiger partial charge >= 0.3 is 0 Å². The minimum atomic E-state index is -1.03. The van der Waals surface area contributed by atoms with Crippen LogP contribution in [0.25, 0.3) is 0 Å². The third-order valence-corrected chi connectivity index (χ3v) is 7.97. The summed E-state index contributed by atoms with van der Waals surface area (Å²) in [7, 11) is 4.36. The lowest BCUT2D eigenvalue weighted by atomic mass is 10.1. The molecule has 47 heavy (non-hydrogen) atoms. The summed E-state index contributed by atoms with van der Waals surface area (Å²) in [6.45, 7) is 10.5. The number of nitrogens with zero attached hydrogens (tertiary/aromatic N) is 2. The standard InChI is InChI=1S/C35H42N4O8/c1-9-38(10-2)31(40)19-27-34(42)36-25-18-26(37-33(41)22-15-29(44-6)32(46-8)30(16-22)45-7)28(17-24(25)35(43)39(27)11-3)47-23-13-20(4)12-21(5)14-23/h12-18,27H,9-11,19H2,1-8H3,(H,36,42)(H,37,41)/t27-/m0/s1. The van der Waals surface area contributed by atoms with Crippen LogP contribution in [0.3, 0.4) is 0 Å². The molecule has 0 aliphatic carbocycles. The van der Waals surface area contributed by atoms with E-state index < -0.39 is 23.8 Å². The van der Waals surface area contributed by atoms with Gasteiger partial charge in [-0.2, -0.15) is 0 Å². The number of hydrogen-bond acceptors (Lipinski definition) is 8. The van der Waals surface area contributed by atoms with E-state index in [-0.39, 0.29) is 58.6 Å². The molecular formula is C35H42N4O8. The Labute approximate surface area is 274 Å². The molecule has 1 aliphatic heterocycles. The van der Waals surface area contributed by atoms with Crippen molar-refractivity contribution in [1.82, 2.24) is 9.80 Å². The Morgan fingerprint density at radius 2 is 1.47 bits per heavy atom. The van der Waals surface area contributed by atoms with Crippen LogP contribution in [0.2, 0.25) is 0 Å². The number of benzene rings is 3. The molecule has 4 rings (SSSR count). The maximum absolute atomic E-state index is 14.0. The predicted octanol–water partition coefficient (Wildman–Crippen LogP) is 5.42. The van der Waals surface area contributed by atoms with E-state index in [2.05, 4.69) is 10.6 Å². The molecule has 2 N–H and O–H groups in total. The summed E-state index contributed by atoms with van der Waals surface area (Å²) < 4.78 is 22.5. The molecule has 0 bridgehead atoms. The third-order valence-electron chi connectivity index (χ3n) is 7.97. The highest BCUT2D eigenvalue weighted by molar-refractivity contribution is 6.13. The summed E-state index contributed by atoms with van der Waals surface area (Å²) in [5.74, 6) is -0.178. The van der Waals surface area contributed by atoms with Crippen molar-refractivity contribution in [2.45, 2.75) is 47.1 Å². The lowest BCUT2D eigenvalue weighted by molar-refractivity contribution is -0.134. The molecule has 3 aromatic carbocycles. The Balaban J connectivity index is 1.81. The number of hydrogen-bond donors (Lipinski definition) is 2. The number of ether oxygens (including phenoxy) is 4. The summed E-state index contributed by atoms with van der Waals surface area (Å²) in [6, 6.07) is 10.6. The SMILES string of the molecule is CCN(CC)C(=O)C[C@H]1C(=O)Nc2cc(NC(=O)c3cc(OC)c(OC)c(OC)c3)c(Oc3cc(C)cc(C)c3)cc2C(=O)N1CC. The Kier molecular flexibility index (Phi) is 11.0. The average Bonchev–Trinajstić information content (AvgIpc) is 3.13. The zero-order valence-electron chi connectivity index (χ0n) is 28.1. The number of carbonyl (C=O) groups excluding carboxylic acids is 4. The number of aryl methyl sites for hydroxylation is 2. The highest BCUT2D eigenvalue weighted by Gasteiger charge is 2.37. The van der Waals surface area contributed by atoms with Crippen LogP contribution in [-0.2, 0) is 9.59 Å². The van der Waals surface area contributed by atoms with E-state index in [0.29, 0.717) is 24.6 Å². The smallest absolute Gasteiger partial charge is 0.256 e. The molecule has 250 valence electrons. The van der Waals surface area contributed by atoms with Crippen molar-refractivity contribution in [3.05, 3.63) is 64.7 Å². The highest BCUT2D eigenvalue weighted by Crippen LogP contribution is 2.40. The summed E-state index contributed by atoms with van der Waals surface area (Å²) in [6.07, 6.45) is -0.169. The molecule has 1 heterocycles. The van der Waals surface area contributed by atoms with Gasteiger partial charge in [0.05, 0.1) is 44.7 Å². The van der Waals surface area contributed by atoms with E-state index in [1.165, 1.54) is 50.5 Å². The fraction of sp³-hybridized carbons (Fsp3) is 0.371. The number of nitrogens with one attached hydrogen (secondary N) is 2. The van der Waals surface area contributed by atoms with E-state index in [1.54, 1.807) is 11.8 Å². The maximum atomic E-state index is 14.0. The van der Waals surface area contributed by atoms with Crippen LogP contribution in [0.5, 0.6) is 28.7 Å². The first-order valence-electron chi connectivity index (χ1n) is 15.4. The van der Waals surface area contributed by atoms with Gasteiger partial charge in [-0.3, -0.25) is 19.2 Å². The fourth-order valence-electron chi connectivity index (χ4n) is 5.66. The van der Waals surface area contributed by atoms with E-state index in [9.17, 15) is 19.2 Å². The highest BCUT2D eigenvalue weighted by atomic mass is 16.5. The molecule has 0 spiro atoms. The van der Waals surface area contributed by atoms with Crippen molar-refractivity contribution in [2.24, 2.45) is 0 Å². The minimum absolute atomic E-state index is 0.156. The number of fused-ring (bicyclic) bond motifs is 1. The Bertz CT molecular complexity index is 1640. The molecule has 0 fully saturated rings. The summed E-state index contributed by atoms with van der Waals surface area (Å²) in [5, 5.41) is 5.69. The molecule has 0 saturated heterocycles. The van der Waals surface area contributed by atoms with Crippen LogP contribution in [0.4, 0.5) is 11.4 Å². The maximum Gasteiger partial charge on any atom is 0.256 e. The first kappa shape index (κ1) is 34.6. The lowest BCUT2D eigenvalue weighted by Crippen LogP contribution is -2.48. The zero-order valence-corrected chi connectivity index (χ0v) is 28.1. The molecule has 0 unspecified atom stereocenters. The third kappa shape index (κ3) is 7.43. The second kappa shape index (κ2) is 14.9. The Hall–Kier alpha value is -5.26. The molecule has 0 saturated carbocycles. The monoisotopic (exact) mass is 646 g/mol. The van der Waals surface area contributed by atoms with Crippen LogP contribution in [-0.4, -0.2) is 80.4 Å². The van der Waals surface area contributed by atoms with Crippen LogP contribution in [0.15, 0.2) is 42.5 Å². The number of anilines is 2. The van der Waals surface area contributed by atoms with Gasteiger partial charge in [0.25, 0.3) is 11.8 Å². The van der Waals surface area contributed by atoms with Crippen LogP contribution >= 0.6 is 0 Å². The zero-order chi connectivity index (χ0) is 34.4. The van der Waals surface area contributed by atoms with Gasteiger partial charge in [0, 0.05) is 25.2 Å². The van der Waals surface area contributed by atoms with Crippen molar-refractivity contribution in [3.8, 4) is 28.7 Å². The van der Waals surface area contributed by atoms with Gasteiger partial charge in [-0.05, 0) is 82.1 Å². The van der Waals surface area contributed by atoms with Crippen LogP contribution in [0, 0.1) is 13.8 Å². The minimum Gasteiger partial charge on any atom is -0.493 e. The summed E-state index contributed by atoms with van der Waals surface area (Å²) in [4.78, 5) is 57.4. The first-order valence-corrected chi connectivity index (χ1v) is 15.4. The van der Waals surface area contributed by atoms with Gasteiger partial charge in [0.15, 0.2) is 17.2 Å². The van der Waals surface area contributed by atoms with Gasteiger partial charge in [-0.15, -0.1) is 0 Å². The second-order valence-electron chi connectivity index (χ2n) is 11.1. The molecule has 1 atom stereocenters. The molecule has 1 aliphatic rings. The number of amides is 4. The van der Waals surface area contributed by atoms with Gasteiger partial charge < -0.3 is 39.4 Å². The molecule has 12 heteroatoms. The average molecular weight is 647 g/mol. The second-order valence-corrected chi connectivity index (χ2v) is 11.1. The van der Waals surface area contributed by atoms with E-state index >= 15 is 0 Å². The topological polar surface area (TPSA) is 136 Å². The Morgan fingerprint density at radius 3 is 2.00 bits per heavy atom.